The summed E-state index contributed by atoms with van der Waals surface area (Å²) in [4.78, 5) is 8.10. The third kappa shape index (κ3) is 5.89. The first-order chi connectivity index (χ1) is 18.8. The highest BCUT2D eigenvalue weighted by Crippen LogP contribution is 2.34. The van der Waals surface area contributed by atoms with Gasteiger partial charge in [0.25, 0.3) is 0 Å². The van der Waals surface area contributed by atoms with Gasteiger partial charge in [0.05, 0.1) is 19.8 Å². The Bertz CT molecular complexity index is 1560. The number of nitrogens with zero attached hydrogens (tertiary/aromatic N) is 6. The summed E-state index contributed by atoms with van der Waals surface area (Å²) in [6.07, 6.45) is 7.92. The van der Waals surface area contributed by atoms with Gasteiger partial charge in [-0.25, -0.2) is 22.8 Å². The van der Waals surface area contributed by atoms with Crippen LogP contribution in [-0.2, 0) is 30.5 Å². The first kappa shape index (κ1) is 26.3. The monoisotopic (exact) mass is 534 g/mol. The van der Waals surface area contributed by atoms with Crippen molar-refractivity contribution in [3.05, 3.63) is 108 Å². The van der Waals surface area contributed by atoms with Crippen LogP contribution in [-0.4, -0.2) is 41.2 Å². The molecule has 0 aliphatic rings. The molecule has 0 saturated carbocycles. The third-order valence-corrected chi connectivity index (χ3v) is 6.38. The molecule has 0 fully saturated rings. The van der Waals surface area contributed by atoms with Crippen LogP contribution in [0.1, 0.15) is 17.5 Å². The van der Waals surface area contributed by atoms with Crippen molar-refractivity contribution < 1.29 is 23.0 Å². The SMILES string of the molecule is Cn1cc(-c2ccncc2COCCC(O)(Cn2cncn2)c2ccc(F)cc2F)c(-c2ccc(F)cc2)n1. The number of ether oxygens (including phenoxy) is 1. The topological polar surface area (TPSA) is 90.9 Å². The average molecular weight is 535 g/mol. The molecule has 1 atom stereocenters. The second-order valence-electron chi connectivity index (χ2n) is 9.16. The molecule has 2 aromatic carbocycles. The predicted octanol–water partition coefficient (Wildman–Crippen LogP) is 4.65. The molecule has 5 aromatic rings. The van der Waals surface area contributed by atoms with Crippen LogP contribution in [0.4, 0.5) is 13.2 Å². The molecule has 0 aliphatic heterocycles. The molecule has 3 aromatic heterocycles. The second kappa shape index (κ2) is 11.2. The van der Waals surface area contributed by atoms with Gasteiger partial charge in [0.1, 0.15) is 41.4 Å². The Morgan fingerprint density at radius 1 is 0.974 bits per heavy atom. The highest BCUT2D eigenvalue weighted by atomic mass is 19.1. The Labute approximate surface area is 222 Å². The van der Waals surface area contributed by atoms with Crippen molar-refractivity contribution in [2.45, 2.75) is 25.2 Å². The molecule has 0 amide bonds. The van der Waals surface area contributed by atoms with Crippen LogP contribution in [0, 0.1) is 17.5 Å². The fourth-order valence-electron chi connectivity index (χ4n) is 4.48. The van der Waals surface area contributed by atoms with E-state index in [0.717, 1.165) is 34.4 Å². The molecule has 3 heterocycles. The lowest BCUT2D eigenvalue weighted by molar-refractivity contribution is -0.0257. The van der Waals surface area contributed by atoms with Gasteiger partial charge in [0, 0.05) is 60.4 Å². The van der Waals surface area contributed by atoms with E-state index >= 15 is 0 Å². The Kier molecular flexibility index (Phi) is 7.53. The van der Waals surface area contributed by atoms with Gasteiger partial charge in [-0.1, -0.05) is 6.07 Å². The molecular weight excluding hydrogens is 509 g/mol. The van der Waals surface area contributed by atoms with Gasteiger partial charge >= 0.3 is 0 Å². The van der Waals surface area contributed by atoms with E-state index < -0.39 is 17.2 Å². The molecule has 0 aliphatic carbocycles. The molecule has 0 spiro atoms. The molecule has 0 saturated heterocycles. The Hall–Kier alpha value is -4.35. The number of hydrogen-bond donors (Lipinski definition) is 1. The number of pyridine rings is 1. The van der Waals surface area contributed by atoms with Crippen molar-refractivity contribution in [1.82, 2.24) is 29.5 Å². The van der Waals surface area contributed by atoms with E-state index in [-0.39, 0.29) is 37.6 Å². The predicted molar refractivity (Wildman–Crippen MR) is 136 cm³/mol. The second-order valence-corrected chi connectivity index (χ2v) is 9.16. The summed E-state index contributed by atoms with van der Waals surface area (Å²) in [6, 6.07) is 11.0. The fraction of sp³-hybridized carbons (Fsp3) is 0.214. The summed E-state index contributed by atoms with van der Waals surface area (Å²) in [7, 11) is 1.80. The maximum Gasteiger partial charge on any atom is 0.137 e. The Morgan fingerprint density at radius 2 is 1.77 bits per heavy atom. The van der Waals surface area contributed by atoms with Gasteiger partial charge in [-0.3, -0.25) is 9.67 Å². The zero-order valence-electron chi connectivity index (χ0n) is 21.0. The molecule has 0 bridgehead atoms. The molecule has 1 unspecified atom stereocenters. The largest absolute Gasteiger partial charge is 0.383 e. The van der Waals surface area contributed by atoms with E-state index in [0.29, 0.717) is 5.69 Å². The van der Waals surface area contributed by atoms with E-state index in [2.05, 4.69) is 20.2 Å². The Morgan fingerprint density at radius 3 is 2.51 bits per heavy atom. The lowest BCUT2D eigenvalue weighted by atomic mass is 9.90. The minimum absolute atomic E-state index is 0.00126. The quantitative estimate of drug-likeness (QED) is 0.262. The van der Waals surface area contributed by atoms with E-state index in [9.17, 15) is 18.3 Å². The molecule has 0 radical (unpaired) electrons. The van der Waals surface area contributed by atoms with Crippen LogP contribution in [0.5, 0.6) is 0 Å². The molecular formula is C28H25F3N6O2. The number of halogens is 3. The van der Waals surface area contributed by atoms with Crippen molar-refractivity contribution in [2.24, 2.45) is 7.05 Å². The van der Waals surface area contributed by atoms with Gasteiger partial charge in [0.2, 0.25) is 0 Å². The van der Waals surface area contributed by atoms with Crippen molar-refractivity contribution >= 4 is 0 Å². The molecule has 200 valence electrons. The van der Waals surface area contributed by atoms with Crippen molar-refractivity contribution in [3.63, 3.8) is 0 Å². The summed E-state index contributed by atoms with van der Waals surface area (Å²) in [5.41, 5.74) is 2.06. The van der Waals surface area contributed by atoms with E-state index in [1.807, 2.05) is 12.3 Å². The molecule has 11 heteroatoms. The van der Waals surface area contributed by atoms with Gasteiger partial charge in [-0.2, -0.15) is 10.2 Å². The lowest BCUT2D eigenvalue weighted by Crippen LogP contribution is -2.34. The summed E-state index contributed by atoms with van der Waals surface area (Å²) < 4.78 is 50.7. The standard InChI is InChI=1S/C28H25F3N6O2/c1-36-14-24(27(35-36)19-2-4-21(29)5-3-19)23-8-10-32-13-20(23)15-39-11-9-28(38,16-37-18-33-17-34-37)25-7-6-22(30)12-26(25)31/h2-8,10,12-14,17-18,38H,9,11,15-16H2,1H3. The van der Waals surface area contributed by atoms with Crippen LogP contribution in [0.2, 0.25) is 0 Å². The number of aryl methyl sites for hydroxylation is 1. The van der Waals surface area contributed by atoms with Crippen molar-refractivity contribution in [3.8, 4) is 22.4 Å². The number of hydrogen-bond acceptors (Lipinski definition) is 6. The first-order valence-electron chi connectivity index (χ1n) is 12.1. The molecule has 5 rings (SSSR count). The summed E-state index contributed by atoms with van der Waals surface area (Å²) in [6.45, 7) is 0.0915. The number of aromatic nitrogens is 6. The van der Waals surface area contributed by atoms with Crippen LogP contribution in [0.3, 0.4) is 0 Å². The van der Waals surface area contributed by atoms with Gasteiger partial charge in [-0.15, -0.1) is 0 Å². The van der Waals surface area contributed by atoms with Crippen LogP contribution < -0.4 is 0 Å². The maximum absolute atomic E-state index is 14.7. The van der Waals surface area contributed by atoms with Crippen molar-refractivity contribution in [2.75, 3.05) is 6.61 Å². The summed E-state index contributed by atoms with van der Waals surface area (Å²) >= 11 is 0. The van der Waals surface area contributed by atoms with Crippen LogP contribution in [0.15, 0.2) is 79.8 Å². The molecule has 39 heavy (non-hydrogen) atoms. The van der Waals surface area contributed by atoms with Gasteiger partial charge in [0.15, 0.2) is 0 Å². The smallest absolute Gasteiger partial charge is 0.137 e. The highest BCUT2D eigenvalue weighted by molar-refractivity contribution is 5.81. The van der Waals surface area contributed by atoms with Gasteiger partial charge in [-0.05, 0) is 42.0 Å². The van der Waals surface area contributed by atoms with Crippen molar-refractivity contribution in [1.29, 1.82) is 0 Å². The minimum Gasteiger partial charge on any atom is -0.383 e. The first-order valence-corrected chi connectivity index (χ1v) is 12.1. The Balaban J connectivity index is 1.35. The van der Waals surface area contributed by atoms with E-state index in [1.165, 1.54) is 35.5 Å². The normalized spacial score (nSPS) is 12.9. The third-order valence-electron chi connectivity index (χ3n) is 6.38. The van der Waals surface area contributed by atoms with Gasteiger partial charge < -0.3 is 9.84 Å². The molecule has 8 nitrogen and oxygen atoms in total. The zero-order valence-corrected chi connectivity index (χ0v) is 21.0. The minimum atomic E-state index is -1.73. The zero-order chi connectivity index (χ0) is 27.4. The number of aliphatic hydroxyl groups is 1. The summed E-state index contributed by atoms with van der Waals surface area (Å²) in [5.74, 6) is -1.94. The van der Waals surface area contributed by atoms with Crippen LogP contribution >= 0.6 is 0 Å². The lowest BCUT2D eigenvalue weighted by Gasteiger charge is -2.29. The van der Waals surface area contributed by atoms with E-state index in [1.54, 1.807) is 36.3 Å². The number of rotatable bonds is 10. The highest BCUT2D eigenvalue weighted by Gasteiger charge is 2.33. The average Bonchev–Trinajstić information content (AvgIpc) is 3.56. The number of benzene rings is 2. The molecule has 1 N–H and O–H groups in total. The van der Waals surface area contributed by atoms with Crippen LogP contribution in [0.25, 0.3) is 22.4 Å². The fourth-order valence-corrected chi connectivity index (χ4v) is 4.48. The summed E-state index contributed by atoms with van der Waals surface area (Å²) in [5, 5.41) is 20.0. The maximum atomic E-state index is 14.7. The van der Waals surface area contributed by atoms with E-state index in [4.69, 9.17) is 4.74 Å².